The summed E-state index contributed by atoms with van der Waals surface area (Å²) in [4.78, 5) is 13.2. The normalized spacial score (nSPS) is 26.4. The number of aliphatic hydroxyl groups excluding tert-OH is 8. The molecule has 0 aliphatic carbocycles. The predicted molar refractivity (Wildman–Crippen MR) is 286 cm³/mol. The molecule has 2 heterocycles. The van der Waals surface area contributed by atoms with E-state index >= 15 is 0 Å². The quantitative estimate of drug-likeness (QED) is 0.0208. The molecule has 2 fully saturated rings. The zero-order chi connectivity index (χ0) is 52.4. The van der Waals surface area contributed by atoms with Crippen LogP contribution in [0.25, 0.3) is 0 Å². The van der Waals surface area contributed by atoms with Gasteiger partial charge in [0.1, 0.15) is 48.8 Å². The van der Waals surface area contributed by atoms with Crippen molar-refractivity contribution in [1.29, 1.82) is 0 Å². The summed E-state index contributed by atoms with van der Waals surface area (Å²) < 4.78 is 22.7. The Kier molecular flexibility index (Phi) is 39.0. The van der Waals surface area contributed by atoms with Crippen LogP contribution < -0.4 is 5.32 Å². The van der Waals surface area contributed by atoms with Crippen LogP contribution in [0.3, 0.4) is 0 Å². The summed E-state index contributed by atoms with van der Waals surface area (Å²) in [5, 5.41) is 86.9. The molecule has 1 amide bonds. The number of rotatable bonds is 41. The average molecular weight is 1020 g/mol. The number of hydrogen-bond acceptors (Lipinski definition) is 13. The van der Waals surface area contributed by atoms with Gasteiger partial charge in [-0.05, 0) is 83.5 Å². The first-order valence-electron chi connectivity index (χ1n) is 27.5. The highest BCUT2D eigenvalue weighted by molar-refractivity contribution is 5.76. The van der Waals surface area contributed by atoms with E-state index in [0.29, 0.717) is 12.8 Å². The molecule has 0 aromatic heterocycles. The molecule has 2 aliphatic rings. The molecule has 12 unspecified atom stereocenters. The molecular weight excluding hydrogens is 919 g/mol. The fraction of sp³-hybridized carbons (Fsp3) is 0.707. The van der Waals surface area contributed by atoms with E-state index in [9.17, 15) is 45.6 Å². The standard InChI is InChI=1S/C58H97NO13/c1-3-5-7-9-11-13-15-17-19-20-21-22-23-24-25-26-28-30-32-34-36-38-40-42-50(63)59-46(47(62)41-39-37-35-33-31-29-27-18-16-14-12-10-8-6-4-2)45-69-57-55(68)53(66)56(49(44-61)71-57)72-58-54(67)52(65)51(64)48(43-60)70-58/h5,7,11,13,17,19,21-22,24-25,28,30-31,33,39,41,46-49,51-58,60-62,64-68H,3-4,6,8-10,12,14-16,18,20,23,26-27,29,32,34-38,40,42-45H2,1-2H3,(H,59,63)/b7-5-,13-11-,19-17-,22-21-,25-24-,30-28-,33-31+,41-39+. The number of aliphatic hydroxyl groups is 8. The average Bonchev–Trinajstić information content (AvgIpc) is 3.38. The maximum atomic E-state index is 13.2. The van der Waals surface area contributed by atoms with E-state index in [-0.39, 0.29) is 18.9 Å². The van der Waals surface area contributed by atoms with E-state index in [2.05, 4.69) is 104 Å². The first-order chi connectivity index (χ1) is 35.1. The highest BCUT2D eigenvalue weighted by Crippen LogP contribution is 2.30. The van der Waals surface area contributed by atoms with Crippen LogP contribution in [0.2, 0.25) is 0 Å². The number of amides is 1. The van der Waals surface area contributed by atoms with Gasteiger partial charge in [-0.2, -0.15) is 0 Å². The first kappa shape index (κ1) is 65.0. The second-order valence-electron chi connectivity index (χ2n) is 19.0. The SMILES string of the molecule is CC/C=C\C/C=C\C/C=C\C/C=C\C/C=C\C/C=C\CCCCCCC(=O)NC(COC1OC(CO)C(OC2OC(CO)C(O)C(O)C2O)C(O)C1O)C(O)/C=C/CC/C=C/CCCCCCCCCCC. The summed E-state index contributed by atoms with van der Waals surface area (Å²) in [6, 6.07) is -0.951. The van der Waals surface area contributed by atoms with Gasteiger partial charge in [-0.25, -0.2) is 0 Å². The molecule has 12 atom stereocenters. The summed E-state index contributed by atoms with van der Waals surface area (Å²) >= 11 is 0. The van der Waals surface area contributed by atoms with Crippen molar-refractivity contribution in [1.82, 2.24) is 5.32 Å². The van der Waals surface area contributed by atoms with Crippen LogP contribution in [0.15, 0.2) is 97.2 Å². The molecule has 412 valence electrons. The number of carbonyl (C=O) groups is 1. The van der Waals surface area contributed by atoms with Crippen molar-refractivity contribution in [3.63, 3.8) is 0 Å². The molecular formula is C58H97NO13. The van der Waals surface area contributed by atoms with Crippen molar-refractivity contribution < 1.29 is 64.6 Å². The minimum atomic E-state index is -1.80. The minimum Gasteiger partial charge on any atom is -0.394 e. The van der Waals surface area contributed by atoms with Gasteiger partial charge in [0.05, 0.1) is 32.0 Å². The van der Waals surface area contributed by atoms with Gasteiger partial charge >= 0.3 is 0 Å². The number of nitrogens with one attached hydrogen (secondary N) is 1. The third-order valence-electron chi connectivity index (χ3n) is 12.8. The van der Waals surface area contributed by atoms with Gasteiger partial charge in [0, 0.05) is 6.42 Å². The third kappa shape index (κ3) is 29.1. The van der Waals surface area contributed by atoms with E-state index in [1.165, 1.54) is 57.8 Å². The van der Waals surface area contributed by atoms with Crippen LogP contribution in [0.4, 0.5) is 0 Å². The maximum absolute atomic E-state index is 13.2. The first-order valence-corrected chi connectivity index (χ1v) is 27.5. The molecule has 0 spiro atoms. The molecule has 0 bridgehead atoms. The highest BCUT2D eigenvalue weighted by Gasteiger charge is 2.51. The Morgan fingerprint density at radius 2 is 0.972 bits per heavy atom. The second-order valence-corrected chi connectivity index (χ2v) is 19.0. The number of hydrogen-bond donors (Lipinski definition) is 9. The monoisotopic (exact) mass is 1020 g/mol. The van der Waals surface area contributed by atoms with Gasteiger partial charge in [0.15, 0.2) is 12.6 Å². The molecule has 14 heteroatoms. The van der Waals surface area contributed by atoms with Gasteiger partial charge in [-0.1, -0.05) is 175 Å². The molecule has 72 heavy (non-hydrogen) atoms. The van der Waals surface area contributed by atoms with Crippen LogP contribution in [-0.2, 0) is 23.7 Å². The van der Waals surface area contributed by atoms with Crippen molar-refractivity contribution in [3.05, 3.63) is 97.2 Å². The van der Waals surface area contributed by atoms with E-state index < -0.39 is 86.8 Å². The Morgan fingerprint density at radius 1 is 0.514 bits per heavy atom. The lowest BCUT2D eigenvalue weighted by atomic mass is 9.97. The summed E-state index contributed by atoms with van der Waals surface area (Å²) in [5.74, 6) is -0.279. The minimum absolute atomic E-state index is 0.238. The Hall–Kier alpha value is -3.09. The lowest BCUT2D eigenvalue weighted by molar-refractivity contribution is -0.359. The van der Waals surface area contributed by atoms with Crippen molar-refractivity contribution in [2.24, 2.45) is 0 Å². The number of ether oxygens (including phenoxy) is 4. The van der Waals surface area contributed by atoms with Crippen LogP contribution >= 0.6 is 0 Å². The zero-order valence-electron chi connectivity index (χ0n) is 43.9. The maximum Gasteiger partial charge on any atom is 0.220 e. The predicted octanol–water partition coefficient (Wildman–Crippen LogP) is 8.32. The molecule has 0 saturated carbocycles. The topological polar surface area (TPSA) is 228 Å². The van der Waals surface area contributed by atoms with Gasteiger partial charge in [-0.15, -0.1) is 0 Å². The Labute approximate surface area is 433 Å². The van der Waals surface area contributed by atoms with Crippen molar-refractivity contribution in [2.45, 2.75) is 242 Å². The largest absolute Gasteiger partial charge is 0.394 e. The van der Waals surface area contributed by atoms with E-state index in [1.807, 2.05) is 6.08 Å². The summed E-state index contributed by atoms with van der Waals surface area (Å²) in [5.41, 5.74) is 0. The Bertz CT molecular complexity index is 1570. The van der Waals surface area contributed by atoms with Gasteiger partial charge in [-0.3, -0.25) is 4.79 Å². The fourth-order valence-electron chi connectivity index (χ4n) is 8.31. The van der Waals surface area contributed by atoms with E-state index in [1.54, 1.807) is 6.08 Å². The van der Waals surface area contributed by atoms with Crippen LogP contribution in [0.5, 0.6) is 0 Å². The van der Waals surface area contributed by atoms with Crippen LogP contribution in [-0.4, -0.2) is 140 Å². The molecule has 2 aliphatic heterocycles. The molecule has 0 radical (unpaired) electrons. The molecule has 0 aromatic rings. The smallest absolute Gasteiger partial charge is 0.220 e. The third-order valence-corrected chi connectivity index (χ3v) is 12.8. The molecule has 2 rings (SSSR count). The Balaban J connectivity index is 1.83. The number of carbonyl (C=O) groups excluding carboxylic acids is 1. The highest BCUT2D eigenvalue weighted by atomic mass is 16.7. The van der Waals surface area contributed by atoms with Gasteiger partial charge in [0.25, 0.3) is 0 Å². The fourth-order valence-corrected chi connectivity index (χ4v) is 8.31. The Morgan fingerprint density at radius 3 is 1.53 bits per heavy atom. The molecule has 14 nitrogen and oxygen atoms in total. The summed E-state index contributed by atoms with van der Waals surface area (Å²) in [6.07, 6.45) is 41.5. The summed E-state index contributed by atoms with van der Waals surface area (Å²) in [6.45, 7) is 2.61. The molecule has 0 aromatic carbocycles. The lowest BCUT2D eigenvalue weighted by Crippen LogP contribution is -2.65. The van der Waals surface area contributed by atoms with Gasteiger partial charge in [0.2, 0.25) is 5.91 Å². The molecule has 9 N–H and O–H groups in total. The number of allylic oxidation sites excluding steroid dienone is 15. The summed E-state index contributed by atoms with van der Waals surface area (Å²) in [7, 11) is 0. The van der Waals surface area contributed by atoms with Crippen molar-refractivity contribution in [3.8, 4) is 0 Å². The van der Waals surface area contributed by atoms with Crippen molar-refractivity contribution >= 4 is 5.91 Å². The number of unbranched alkanes of at least 4 members (excludes halogenated alkanes) is 14. The lowest BCUT2D eigenvalue weighted by Gasteiger charge is -2.46. The second kappa shape index (κ2) is 43.2. The van der Waals surface area contributed by atoms with Gasteiger partial charge < -0.3 is 65.1 Å². The zero-order valence-corrected chi connectivity index (χ0v) is 43.9. The van der Waals surface area contributed by atoms with Crippen molar-refractivity contribution in [2.75, 3.05) is 19.8 Å². The molecule has 2 saturated heterocycles. The van der Waals surface area contributed by atoms with E-state index in [0.717, 1.165) is 77.0 Å². The van der Waals surface area contributed by atoms with Crippen LogP contribution in [0.1, 0.15) is 168 Å². The van der Waals surface area contributed by atoms with E-state index in [4.69, 9.17) is 18.9 Å². The van der Waals surface area contributed by atoms with Crippen LogP contribution in [0, 0.1) is 0 Å².